The van der Waals surface area contributed by atoms with Crippen LogP contribution in [0.3, 0.4) is 0 Å². The molecule has 0 radical (unpaired) electrons. The second-order valence-corrected chi connectivity index (χ2v) is 4.92. The molecular formula is C17H17N5O3. The average molecular weight is 339 g/mol. The Hall–Kier alpha value is -3.55. The number of benzene rings is 1. The normalized spacial score (nSPS) is 10.2. The summed E-state index contributed by atoms with van der Waals surface area (Å²) in [7, 11) is 3.16. The van der Waals surface area contributed by atoms with Gasteiger partial charge in [0.25, 0.3) is 0 Å². The van der Waals surface area contributed by atoms with Gasteiger partial charge in [-0.25, -0.2) is 4.98 Å². The van der Waals surface area contributed by atoms with Gasteiger partial charge in [0.1, 0.15) is 29.3 Å². The topological polar surface area (TPSA) is 104 Å². The monoisotopic (exact) mass is 339 g/mol. The third-order valence-corrected chi connectivity index (χ3v) is 3.36. The molecule has 2 aromatic heterocycles. The smallest absolute Gasteiger partial charge is 0.248 e. The van der Waals surface area contributed by atoms with Crippen LogP contribution in [0.1, 0.15) is 0 Å². The minimum atomic E-state index is 0.229. The fourth-order valence-electron chi connectivity index (χ4n) is 2.12. The number of hydrogen-bond acceptors (Lipinski definition) is 8. The number of aromatic nitrogens is 3. The lowest BCUT2D eigenvalue weighted by atomic mass is 10.2. The highest BCUT2D eigenvalue weighted by Gasteiger charge is 2.13. The molecule has 0 unspecified atom stereocenters. The van der Waals surface area contributed by atoms with Crippen molar-refractivity contribution in [2.75, 3.05) is 25.3 Å². The molecule has 8 heteroatoms. The molecule has 2 heterocycles. The summed E-state index contributed by atoms with van der Waals surface area (Å²) in [6.07, 6.45) is 4.58. The molecule has 0 saturated carbocycles. The van der Waals surface area contributed by atoms with Gasteiger partial charge in [0.05, 0.1) is 26.1 Å². The van der Waals surface area contributed by atoms with Crippen molar-refractivity contribution in [1.82, 2.24) is 15.0 Å². The minimum absolute atomic E-state index is 0.229. The Kier molecular flexibility index (Phi) is 4.79. The lowest BCUT2D eigenvalue weighted by Gasteiger charge is -2.14. The zero-order valence-corrected chi connectivity index (χ0v) is 13.8. The van der Waals surface area contributed by atoms with Gasteiger partial charge in [-0.05, 0) is 24.3 Å². The van der Waals surface area contributed by atoms with Crippen LogP contribution in [0.5, 0.6) is 23.1 Å². The molecular weight excluding hydrogens is 322 g/mol. The highest BCUT2D eigenvalue weighted by atomic mass is 16.5. The molecule has 0 amide bonds. The van der Waals surface area contributed by atoms with Gasteiger partial charge in [0.15, 0.2) is 5.82 Å². The fraction of sp³-hybridized carbons (Fsp3) is 0.118. The Morgan fingerprint density at radius 2 is 1.92 bits per heavy atom. The van der Waals surface area contributed by atoms with E-state index in [0.29, 0.717) is 28.8 Å². The van der Waals surface area contributed by atoms with Crippen molar-refractivity contribution in [2.45, 2.75) is 0 Å². The van der Waals surface area contributed by atoms with Crippen LogP contribution in [0, 0.1) is 0 Å². The van der Waals surface area contributed by atoms with Crippen molar-refractivity contribution in [1.29, 1.82) is 0 Å². The maximum atomic E-state index is 6.14. The van der Waals surface area contributed by atoms with Crippen molar-refractivity contribution in [2.24, 2.45) is 0 Å². The number of nitrogen functional groups attached to an aromatic ring is 1. The molecule has 0 bridgehead atoms. The van der Waals surface area contributed by atoms with Crippen molar-refractivity contribution >= 4 is 17.2 Å². The van der Waals surface area contributed by atoms with Crippen LogP contribution < -0.4 is 25.3 Å². The predicted octanol–water partition coefficient (Wildman–Crippen LogP) is 3.01. The van der Waals surface area contributed by atoms with Gasteiger partial charge in [0, 0.05) is 12.3 Å². The van der Waals surface area contributed by atoms with Gasteiger partial charge in [0.2, 0.25) is 5.88 Å². The summed E-state index contributed by atoms with van der Waals surface area (Å²) in [5, 5.41) is 3.12. The quantitative estimate of drug-likeness (QED) is 0.706. The zero-order valence-electron chi connectivity index (χ0n) is 13.8. The summed E-state index contributed by atoms with van der Waals surface area (Å²) in [5.41, 5.74) is 7.05. The Bertz CT molecular complexity index is 858. The van der Waals surface area contributed by atoms with Crippen LogP contribution in [0.25, 0.3) is 0 Å². The van der Waals surface area contributed by atoms with Gasteiger partial charge in [-0.2, -0.15) is 4.98 Å². The van der Waals surface area contributed by atoms with Crippen LogP contribution in [0.15, 0.2) is 49.1 Å². The van der Waals surface area contributed by atoms with Crippen LogP contribution in [0.2, 0.25) is 0 Å². The van der Waals surface area contributed by atoms with Crippen molar-refractivity contribution in [3.8, 4) is 23.1 Å². The Balaban J connectivity index is 1.90. The van der Waals surface area contributed by atoms with Gasteiger partial charge in [-0.3, -0.25) is 4.98 Å². The number of nitrogens with zero attached hydrogens (tertiary/aromatic N) is 3. The minimum Gasteiger partial charge on any atom is -0.497 e. The second-order valence-electron chi connectivity index (χ2n) is 4.92. The first-order chi connectivity index (χ1) is 12.2. The van der Waals surface area contributed by atoms with Crippen LogP contribution in [-0.2, 0) is 0 Å². The number of methoxy groups -OCH3 is 2. The summed E-state index contributed by atoms with van der Waals surface area (Å²) in [5.74, 6) is 2.43. The Labute approximate surface area is 144 Å². The molecule has 0 fully saturated rings. The average Bonchev–Trinajstić information content (AvgIpc) is 2.65. The maximum absolute atomic E-state index is 6.14. The summed E-state index contributed by atoms with van der Waals surface area (Å²) in [6, 6.07) is 8.87. The fourth-order valence-corrected chi connectivity index (χ4v) is 2.12. The first-order valence-corrected chi connectivity index (χ1v) is 7.38. The van der Waals surface area contributed by atoms with E-state index in [1.165, 1.54) is 6.33 Å². The van der Waals surface area contributed by atoms with Crippen LogP contribution >= 0.6 is 0 Å². The first kappa shape index (κ1) is 16.3. The molecule has 0 spiro atoms. The van der Waals surface area contributed by atoms with Crippen LogP contribution in [-0.4, -0.2) is 29.2 Å². The molecule has 128 valence electrons. The molecule has 25 heavy (non-hydrogen) atoms. The standard InChI is InChI=1S/C17H17N5O3/c1-23-11-5-6-14(24-2)13(8-11)22-16-15(18)17(21-10-20-16)25-12-4-3-7-19-9-12/h3-10H,18H2,1-2H3,(H,20,21,22). The van der Waals surface area contributed by atoms with Crippen molar-refractivity contribution < 1.29 is 14.2 Å². The SMILES string of the molecule is COc1ccc(OC)c(Nc2ncnc(Oc3cccnc3)c2N)c1. The van der Waals surface area contributed by atoms with E-state index in [1.54, 1.807) is 56.9 Å². The number of rotatable bonds is 6. The largest absolute Gasteiger partial charge is 0.497 e. The third kappa shape index (κ3) is 3.69. The van der Waals surface area contributed by atoms with Crippen LogP contribution in [0.4, 0.5) is 17.2 Å². The van der Waals surface area contributed by atoms with E-state index in [9.17, 15) is 0 Å². The lowest BCUT2D eigenvalue weighted by molar-refractivity contribution is 0.405. The van der Waals surface area contributed by atoms with Gasteiger partial charge < -0.3 is 25.3 Å². The molecule has 0 aliphatic heterocycles. The summed E-state index contributed by atoms with van der Waals surface area (Å²) < 4.78 is 16.2. The summed E-state index contributed by atoms with van der Waals surface area (Å²) in [4.78, 5) is 12.2. The van der Waals surface area contributed by atoms with Gasteiger partial charge in [-0.15, -0.1) is 0 Å². The number of hydrogen-bond donors (Lipinski definition) is 2. The summed E-state index contributed by atoms with van der Waals surface area (Å²) in [6.45, 7) is 0. The summed E-state index contributed by atoms with van der Waals surface area (Å²) >= 11 is 0. The number of nitrogens with two attached hydrogens (primary N) is 1. The zero-order chi connectivity index (χ0) is 17.6. The first-order valence-electron chi connectivity index (χ1n) is 7.38. The molecule has 0 atom stereocenters. The third-order valence-electron chi connectivity index (χ3n) is 3.36. The van der Waals surface area contributed by atoms with E-state index in [4.69, 9.17) is 19.9 Å². The second kappa shape index (κ2) is 7.35. The van der Waals surface area contributed by atoms with Gasteiger partial charge >= 0.3 is 0 Å². The molecule has 3 rings (SSSR count). The number of ether oxygens (including phenoxy) is 3. The molecule has 1 aromatic carbocycles. The number of pyridine rings is 1. The van der Waals surface area contributed by atoms with Gasteiger partial charge in [-0.1, -0.05) is 0 Å². The molecule has 0 saturated heterocycles. The number of anilines is 3. The molecule has 3 N–H and O–H groups in total. The molecule has 8 nitrogen and oxygen atoms in total. The van der Waals surface area contributed by atoms with E-state index in [0.717, 1.165) is 0 Å². The molecule has 0 aliphatic rings. The molecule has 3 aromatic rings. The van der Waals surface area contributed by atoms with Crippen molar-refractivity contribution in [3.63, 3.8) is 0 Å². The van der Waals surface area contributed by atoms with E-state index >= 15 is 0 Å². The lowest BCUT2D eigenvalue weighted by Crippen LogP contribution is -2.04. The highest BCUT2D eigenvalue weighted by Crippen LogP contribution is 2.35. The predicted molar refractivity (Wildman–Crippen MR) is 93.6 cm³/mol. The Morgan fingerprint density at radius 3 is 2.64 bits per heavy atom. The van der Waals surface area contributed by atoms with E-state index < -0.39 is 0 Å². The van der Waals surface area contributed by atoms with E-state index in [1.807, 2.05) is 0 Å². The Morgan fingerprint density at radius 1 is 1.04 bits per heavy atom. The van der Waals surface area contributed by atoms with Crippen molar-refractivity contribution in [3.05, 3.63) is 49.1 Å². The number of nitrogens with one attached hydrogen (secondary N) is 1. The maximum Gasteiger partial charge on any atom is 0.248 e. The molecule has 0 aliphatic carbocycles. The van der Waals surface area contributed by atoms with E-state index in [-0.39, 0.29) is 11.6 Å². The highest BCUT2D eigenvalue weighted by molar-refractivity contribution is 5.75. The van der Waals surface area contributed by atoms with E-state index in [2.05, 4.69) is 20.3 Å².